The third-order valence-corrected chi connectivity index (χ3v) is 11.5. The van der Waals surface area contributed by atoms with Gasteiger partial charge in [0, 0.05) is 39.1 Å². The van der Waals surface area contributed by atoms with Gasteiger partial charge in [0.05, 0.1) is 63.3 Å². The van der Waals surface area contributed by atoms with Gasteiger partial charge in [-0.1, -0.05) is 48.5 Å². The normalized spacial score (nSPS) is 24.7. The van der Waals surface area contributed by atoms with Crippen molar-refractivity contribution in [1.29, 1.82) is 0 Å². The lowest BCUT2D eigenvalue weighted by atomic mass is 9.96. The van der Waals surface area contributed by atoms with Gasteiger partial charge in [-0.2, -0.15) is 0 Å². The summed E-state index contributed by atoms with van der Waals surface area (Å²) in [6.07, 6.45) is 6.20. The van der Waals surface area contributed by atoms with E-state index >= 15 is 0 Å². The number of ether oxygens (including phenoxy) is 4. The molecule has 2 aromatic heterocycles. The Morgan fingerprint density at radius 1 is 0.661 bits per heavy atom. The van der Waals surface area contributed by atoms with E-state index < -0.39 is 23.3 Å². The molecule has 4 aliphatic heterocycles. The molecule has 0 radical (unpaired) electrons. The van der Waals surface area contributed by atoms with Gasteiger partial charge in [0.2, 0.25) is 0 Å². The van der Waals surface area contributed by atoms with E-state index in [1.165, 1.54) is 14.2 Å². The summed E-state index contributed by atoms with van der Waals surface area (Å²) in [4.78, 5) is 71.8. The van der Waals surface area contributed by atoms with Crippen LogP contribution in [0.2, 0.25) is 0 Å². The van der Waals surface area contributed by atoms with Crippen molar-refractivity contribution < 1.29 is 38.1 Å². The summed E-state index contributed by atoms with van der Waals surface area (Å²) < 4.78 is 20.7. The van der Waals surface area contributed by atoms with Crippen LogP contribution in [-0.2, 0) is 28.5 Å². The first kappa shape index (κ1) is 37.2. The molecule has 4 N–H and O–H groups in total. The van der Waals surface area contributed by atoms with E-state index in [9.17, 15) is 19.2 Å². The Morgan fingerprint density at radius 3 is 1.41 bits per heavy atom. The lowest BCUT2D eigenvalue weighted by Crippen LogP contribution is -2.60. The van der Waals surface area contributed by atoms with Gasteiger partial charge in [-0.15, -0.1) is 0 Å². The number of methoxy groups -OCH3 is 2. The minimum absolute atomic E-state index is 0.104. The average Bonchev–Trinajstić information content (AvgIpc) is 4.08. The first-order valence-electron chi connectivity index (χ1n) is 19.0. The number of amides is 4. The monoisotopic (exact) mass is 766 g/mol. The molecule has 16 heteroatoms. The van der Waals surface area contributed by atoms with Crippen molar-refractivity contribution in [3.05, 3.63) is 72.6 Å². The summed E-state index contributed by atoms with van der Waals surface area (Å²) in [5.41, 5.74) is 3.40. The second kappa shape index (κ2) is 15.4. The molecule has 4 atom stereocenters. The minimum Gasteiger partial charge on any atom is -0.453 e. The zero-order valence-corrected chi connectivity index (χ0v) is 31.5. The lowest BCUT2D eigenvalue weighted by molar-refractivity contribution is -0.140. The van der Waals surface area contributed by atoms with Crippen LogP contribution in [0.25, 0.3) is 33.6 Å². The fourth-order valence-corrected chi connectivity index (χ4v) is 8.39. The second-order valence-electron chi connectivity index (χ2n) is 14.8. The van der Waals surface area contributed by atoms with Crippen LogP contribution in [0.15, 0.2) is 60.9 Å². The number of rotatable bonds is 9. The number of carbonyl (C=O) groups excluding carboxylic acids is 4. The summed E-state index contributed by atoms with van der Waals surface area (Å²) in [5.74, 6) is 1.04. The molecule has 4 unspecified atom stereocenters. The van der Waals surface area contributed by atoms with Crippen LogP contribution in [0.5, 0.6) is 0 Å². The fraction of sp³-hybridized carbons (Fsp3) is 0.450. The van der Waals surface area contributed by atoms with Crippen LogP contribution in [0, 0.1) is 0 Å². The Balaban J connectivity index is 0.923. The Bertz CT molecular complexity index is 1920. The van der Waals surface area contributed by atoms with Crippen LogP contribution in [-0.4, -0.2) is 119 Å². The number of hydrogen-bond acceptors (Lipinski definition) is 10. The van der Waals surface area contributed by atoms with E-state index in [4.69, 9.17) is 18.9 Å². The fourth-order valence-electron chi connectivity index (χ4n) is 8.39. The van der Waals surface area contributed by atoms with E-state index in [2.05, 4.69) is 54.8 Å². The molecule has 4 saturated heterocycles. The SMILES string of the molecule is COC(=O)NC1(C(=O)N2CCCC2c2ncc(-c3ccc(-c4ccc(-c5cnc(C6CCCN6C(=O)C6(NC(=O)OC)CCOC6)[nH]5)cc4)cc3)[nH]2)CCOC1. The zero-order chi connectivity index (χ0) is 38.9. The molecular weight excluding hydrogens is 720 g/mol. The number of likely N-dealkylation sites (tertiary alicyclic amines) is 2. The second-order valence-corrected chi connectivity index (χ2v) is 14.8. The quantitative estimate of drug-likeness (QED) is 0.189. The Kier molecular flexibility index (Phi) is 10.2. The molecule has 6 heterocycles. The Morgan fingerprint density at radius 2 is 1.05 bits per heavy atom. The first-order chi connectivity index (χ1) is 27.2. The predicted octanol–water partition coefficient (Wildman–Crippen LogP) is 4.49. The van der Waals surface area contributed by atoms with Gasteiger partial charge >= 0.3 is 12.2 Å². The number of imidazole rings is 2. The third kappa shape index (κ3) is 6.98. The van der Waals surface area contributed by atoms with Crippen molar-refractivity contribution in [3.63, 3.8) is 0 Å². The molecule has 4 aromatic rings. The molecule has 4 aliphatic rings. The highest BCUT2D eigenvalue weighted by molar-refractivity contribution is 5.92. The van der Waals surface area contributed by atoms with Crippen LogP contribution in [0.1, 0.15) is 62.3 Å². The van der Waals surface area contributed by atoms with Crippen LogP contribution < -0.4 is 10.6 Å². The van der Waals surface area contributed by atoms with Crippen molar-refractivity contribution in [1.82, 2.24) is 40.4 Å². The molecule has 56 heavy (non-hydrogen) atoms. The van der Waals surface area contributed by atoms with Crippen molar-refractivity contribution in [3.8, 4) is 33.6 Å². The summed E-state index contributed by atoms with van der Waals surface area (Å²) in [6.45, 7) is 2.10. The smallest absolute Gasteiger partial charge is 0.407 e. The Labute approximate surface area is 323 Å². The maximum absolute atomic E-state index is 13.8. The van der Waals surface area contributed by atoms with Crippen molar-refractivity contribution in [2.75, 3.05) is 53.7 Å². The number of aromatic amines is 2. The topological polar surface area (TPSA) is 193 Å². The zero-order valence-electron chi connectivity index (χ0n) is 31.5. The van der Waals surface area contributed by atoms with E-state index in [0.29, 0.717) is 50.8 Å². The molecule has 8 rings (SSSR count). The molecule has 0 bridgehead atoms. The number of carbonyl (C=O) groups is 4. The molecule has 16 nitrogen and oxygen atoms in total. The lowest BCUT2D eigenvalue weighted by Gasteiger charge is -2.34. The molecule has 0 spiro atoms. The van der Waals surface area contributed by atoms with Gasteiger partial charge in [0.1, 0.15) is 22.7 Å². The van der Waals surface area contributed by atoms with Crippen molar-refractivity contribution in [2.45, 2.75) is 61.7 Å². The summed E-state index contributed by atoms with van der Waals surface area (Å²) in [6, 6.07) is 15.9. The number of benzene rings is 2. The van der Waals surface area contributed by atoms with Crippen LogP contribution in [0.4, 0.5) is 9.59 Å². The summed E-state index contributed by atoms with van der Waals surface area (Å²) in [7, 11) is 2.56. The first-order valence-corrected chi connectivity index (χ1v) is 19.0. The molecule has 4 fully saturated rings. The van der Waals surface area contributed by atoms with E-state index in [1.54, 1.807) is 22.2 Å². The number of nitrogens with one attached hydrogen (secondary N) is 4. The largest absolute Gasteiger partial charge is 0.453 e. The highest BCUT2D eigenvalue weighted by Gasteiger charge is 2.50. The standard InChI is InChI=1S/C40H46N8O8/c1-53-37(51)45-39(15-19-55-23-39)35(49)47-17-3-5-31(47)33-41-21-29(43-33)27-11-7-25(8-12-27)26-9-13-28(14-10-26)30-22-42-34(44-30)32-6-4-18-48(32)36(50)40(16-20-56-24-40)46-38(52)54-2/h7-14,21-22,31-32H,3-6,15-20,23-24H2,1-2H3,(H,41,43)(H,42,44)(H,45,51)(H,46,52). The predicted molar refractivity (Wildman–Crippen MR) is 202 cm³/mol. The molecular formula is C40H46N8O8. The van der Waals surface area contributed by atoms with Gasteiger partial charge in [-0.3, -0.25) is 9.59 Å². The average molecular weight is 767 g/mol. The van der Waals surface area contributed by atoms with Gasteiger partial charge in [-0.05, 0) is 47.9 Å². The van der Waals surface area contributed by atoms with E-state index in [0.717, 1.165) is 59.3 Å². The number of hydrogen-bond donors (Lipinski definition) is 4. The van der Waals surface area contributed by atoms with Crippen LogP contribution >= 0.6 is 0 Å². The number of alkyl carbamates (subject to hydrolysis) is 2. The third-order valence-electron chi connectivity index (χ3n) is 11.5. The maximum atomic E-state index is 13.8. The van der Waals surface area contributed by atoms with Gasteiger partial charge in [0.15, 0.2) is 0 Å². The number of nitrogens with zero attached hydrogens (tertiary/aromatic N) is 4. The van der Waals surface area contributed by atoms with Gasteiger partial charge in [-0.25, -0.2) is 19.6 Å². The summed E-state index contributed by atoms with van der Waals surface area (Å²) in [5, 5.41) is 5.49. The summed E-state index contributed by atoms with van der Waals surface area (Å²) >= 11 is 0. The molecule has 294 valence electrons. The molecule has 2 aromatic carbocycles. The van der Waals surface area contributed by atoms with Crippen molar-refractivity contribution >= 4 is 24.0 Å². The highest BCUT2D eigenvalue weighted by atomic mass is 16.5. The molecule has 0 saturated carbocycles. The van der Waals surface area contributed by atoms with E-state index in [-0.39, 0.29) is 37.1 Å². The number of H-pyrrole nitrogens is 2. The van der Waals surface area contributed by atoms with Gasteiger partial charge in [0.25, 0.3) is 11.8 Å². The maximum Gasteiger partial charge on any atom is 0.407 e. The van der Waals surface area contributed by atoms with Crippen molar-refractivity contribution in [2.24, 2.45) is 0 Å². The Hall–Kier alpha value is -5.74. The molecule has 0 aliphatic carbocycles. The molecule has 4 amide bonds. The minimum atomic E-state index is -1.15. The number of aromatic nitrogens is 4. The van der Waals surface area contributed by atoms with Gasteiger partial charge < -0.3 is 49.3 Å². The van der Waals surface area contributed by atoms with Crippen LogP contribution in [0.3, 0.4) is 0 Å². The van der Waals surface area contributed by atoms with E-state index in [1.807, 2.05) is 24.3 Å². The highest BCUT2D eigenvalue weighted by Crippen LogP contribution is 2.37.